The van der Waals surface area contributed by atoms with E-state index >= 15 is 0 Å². The number of rotatable bonds is 9. The molecule has 1 aromatic heterocycles. The van der Waals surface area contributed by atoms with Crippen LogP contribution in [0.3, 0.4) is 0 Å². The van der Waals surface area contributed by atoms with Gasteiger partial charge in [-0.3, -0.25) is 0 Å². The minimum Gasteiger partial charge on any atom is -0.497 e. The first-order valence-corrected chi connectivity index (χ1v) is 9.10. The van der Waals surface area contributed by atoms with Crippen LogP contribution in [-0.2, 0) is 13.2 Å². The highest BCUT2D eigenvalue weighted by Gasteiger charge is 2.14. The van der Waals surface area contributed by atoms with Gasteiger partial charge in [-0.05, 0) is 30.2 Å². The van der Waals surface area contributed by atoms with Crippen molar-refractivity contribution >= 4 is 11.0 Å². The third kappa shape index (κ3) is 4.71. The van der Waals surface area contributed by atoms with Crippen LogP contribution in [-0.4, -0.2) is 35.0 Å². The van der Waals surface area contributed by atoms with Crippen LogP contribution in [0.4, 0.5) is 0 Å². The maximum absolute atomic E-state index is 8.97. The fraction of sp³-hybridized carbons (Fsp3) is 0.381. The Balaban J connectivity index is 1.88. The van der Waals surface area contributed by atoms with Gasteiger partial charge in [-0.25, -0.2) is 4.98 Å². The minimum atomic E-state index is -0.0110. The van der Waals surface area contributed by atoms with E-state index in [9.17, 15) is 0 Å². The molecule has 0 fully saturated rings. The molecule has 6 nitrogen and oxygen atoms in total. The molecule has 3 rings (SSSR count). The van der Waals surface area contributed by atoms with Crippen molar-refractivity contribution in [1.82, 2.24) is 9.55 Å². The highest BCUT2D eigenvalue weighted by Crippen LogP contribution is 2.25. The molecule has 0 aliphatic rings. The van der Waals surface area contributed by atoms with E-state index in [1.165, 1.54) is 0 Å². The molecule has 0 aliphatic heterocycles. The summed E-state index contributed by atoms with van der Waals surface area (Å²) in [5.41, 5.74) is 1.90. The molecule has 1 N–H and O–H groups in total. The lowest BCUT2D eigenvalue weighted by atomic mass is 10.2. The fourth-order valence-corrected chi connectivity index (χ4v) is 2.92. The second-order valence-electron chi connectivity index (χ2n) is 6.72. The number of methoxy groups -OCH3 is 1. The highest BCUT2D eigenvalue weighted by molar-refractivity contribution is 5.77. The molecule has 6 heteroatoms. The standard InChI is InChI=1S/C21H26N2O4/c1-15(2)13-23-20-12-18(26-10-9-24)7-8-19(20)22-21(23)14-27-17-6-4-5-16(11-17)25-3/h4-8,11-12,15,24H,9-10,13-14H2,1-3H3. The van der Waals surface area contributed by atoms with E-state index in [4.69, 9.17) is 24.3 Å². The van der Waals surface area contributed by atoms with E-state index in [1.807, 2.05) is 42.5 Å². The van der Waals surface area contributed by atoms with E-state index < -0.39 is 0 Å². The van der Waals surface area contributed by atoms with Gasteiger partial charge in [0.15, 0.2) is 0 Å². The number of nitrogens with zero attached hydrogens (tertiary/aromatic N) is 2. The molecular formula is C21H26N2O4. The van der Waals surface area contributed by atoms with Crippen LogP contribution >= 0.6 is 0 Å². The van der Waals surface area contributed by atoms with Gasteiger partial charge in [0.05, 0.1) is 24.8 Å². The average Bonchev–Trinajstić information content (AvgIpc) is 3.01. The van der Waals surface area contributed by atoms with Crippen molar-refractivity contribution in [3.05, 3.63) is 48.3 Å². The molecular weight excluding hydrogens is 344 g/mol. The first-order valence-electron chi connectivity index (χ1n) is 9.10. The lowest BCUT2D eigenvalue weighted by Gasteiger charge is -2.13. The van der Waals surface area contributed by atoms with Crippen LogP contribution in [0, 0.1) is 5.92 Å². The van der Waals surface area contributed by atoms with Gasteiger partial charge in [0.1, 0.15) is 36.3 Å². The van der Waals surface area contributed by atoms with Gasteiger partial charge in [-0.15, -0.1) is 0 Å². The van der Waals surface area contributed by atoms with Gasteiger partial charge in [0.25, 0.3) is 0 Å². The number of ether oxygens (including phenoxy) is 3. The van der Waals surface area contributed by atoms with Crippen molar-refractivity contribution in [2.75, 3.05) is 20.3 Å². The first-order chi connectivity index (χ1) is 13.1. The van der Waals surface area contributed by atoms with Crippen molar-refractivity contribution in [3.63, 3.8) is 0 Å². The predicted molar refractivity (Wildman–Crippen MR) is 104 cm³/mol. The average molecular weight is 370 g/mol. The van der Waals surface area contributed by atoms with Crippen LogP contribution in [0.15, 0.2) is 42.5 Å². The number of imidazole rings is 1. The quantitative estimate of drug-likeness (QED) is 0.623. The zero-order valence-electron chi connectivity index (χ0n) is 16.0. The summed E-state index contributed by atoms with van der Waals surface area (Å²) in [6, 6.07) is 13.3. The summed E-state index contributed by atoms with van der Waals surface area (Å²) >= 11 is 0. The number of hydrogen-bond acceptors (Lipinski definition) is 5. The molecule has 0 saturated carbocycles. The van der Waals surface area contributed by atoms with Crippen molar-refractivity contribution < 1.29 is 19.3 Å². The SMILES string of the molecule is COc1cccc(OCc2nc3ccc(OCCO)cc3n2CC(C)C)c1. The highest BCUT2D eigenvalue weighted by atomic mass is 16.5. The maximum atomic E-state index is 8.97. The number of hydrogen-bond donors (Lipinski definition) is 1. The van der Waals surface area contributed by atoms with Crippen molar-refractivity contribution in [2.45, 2.75) is 27.0 Å². The van der Waals surface area contributed by atoms with Crippen molar-refractivity contribution in [3.8, 4) is 17.2 Å². The van der Waals surface area contributed by atoms with E-state index in [2.05, 4.69) is 18.4 Å². The minimum absolute atomic E-state index is 0.0110. The molecule has 0 unspecified atom stereocenters. The predicted octanol–water partition coefficient (Wildman–Crippen LogP) is 3.65. The maximum Gasteiger partial charge on any atom is 0.148 e. The summed E-state index contributed by atoms with van der Waals surface area (Å²) in [5, 5.41) is 8.97. The van der Waals surface area contributed by atoms with Crippen LogP contribution in [0.25, 0.3) is 11.0 Å². The number of fused-ring (bicyclic) bond motifs is 1. The van der Waals surface area contributed by atoms with Gasteiger partial charge >= 0.3 is 0 Å². The van der Waals surface area contributed by atoms with Gasteiger partial charge in [-0.1, -0.05) is 19.9 Å². The Morgan fingerprint density at radius 2 is 1.81 bits per heavy atom. The number of aromatic nitrogens is 2. The Labute approximate surface area is 159 Å². The third-order valence-corrected chi connectivity index (χ3v) is 4.12. The monoisotopic (exact) mass is 370 g/mol. The third-order valence-electron chi connectivity index (χ3n) is 4.12. The molecule has 0 atom stereocenters. The van der Waals surface area contributed by atoms with Crippen molar-refractivity contribution in [1.29, 1.82) is 0 Å². The van der Waals surface area contributed by atoms with Gasteiger partial charge < -0.3 is 23.9 Å². The van der Waals surface area contributed by atoms with Gasteiger partial charge in [0, 0.05) is 18.7 Å². The molecule has 0 aliphatic carbocycles. The number of aliphatic hydroxyl groups excluding tert-OH is 1. The molecule has 0 saturated heterocycles. The molecule has 0 amide bonds. The molecule has 0 spiro atoms. The first kappa shape index (κ1) is 19.0. The molecule has 3 aromatic rings. The Hall–Kier alpha value is -2.73. The second kappa shape index (κ2) is 8.77. The van der Waals surface area contributed by atoms with Crippen LogP contribution in [0.1, 0.15) is 19.7 Å². The van der Waals surface area contributed by atoms with E-state index in [0.29, 0.717) is 12.5 Å². The molecule has 0 bridgehead atoms. The Morgan fingerprint density at radius 3 is 2.56 bits per heavy atom. The lowest BCUT2D eigenvalue weighted by Crippen LogP contribution is -2.11. The summed E-state index contributed by atoms with van der Waals surface area (Å²) in [5.74, 6) is 3.54. The van der Waals surface area contributed by atoms with Gasteiger partial charge in [0.2, 0.25) is 0 Å². The van der Waals surface area contributed by atoms with Crippen LogP contribution in [0.2, 0.25) is 0 Å². The molecule has 1 heterocycles. The van der Waals surface area contributed by atoms with Gasteiger partial charge in [-0.2, -0.15) is 0 Å². The second-order valence-corrected chi connectivity index (χ2v) is 6.72. The number of aliphatic hydroxyl groups is 1. The Kier molecular flexibility index (Phi) is 6.19. The molecule has 0 radical (unpaired) electrons. The molecule has 144 valence electrons. The van der Waals surface area contributed by atoms with Crippen LogP contribution in [0.5, 0.6) is 17.2 Å². The smallest absolute Gasteiger partial charge is 0.148 e. The lowest BCUT2D eigenvalue weighted by molar-refractivity contribution is 0.201. The van der Waals surface area contributed by atoms with Crippen molar-refractivity contribution in [2.24, 2.45) is 5.92 Å². The zero-order valence-corrected chi connectivity index (χ0v) is 16.0. The van der Waals surface area contributed by atoms with Crippen LogP contribution < -0.4 is 14.2 Å². The summed E-state index contributed by atoms with van der Waals surface area (Å²) in [7, 11) is 1.64. The topological polar surface area (TPSA) is 65.7 Å². The normalized spacial score (nSPS) is 11.1. The summed E-state index contributed by atoms with van der Waals surface area (Å²) in [6.45, 7) is 5.80. The Bertz CT molecular complexity index is 889. The largest absolute Gasteiger partial charge is 0.497 e. The van der Waals surface area contributed by atoms with E-state index in [0.717, 1.165) is 40.7 Å². The summed E-state index contributed by atoms with van der Waals surface area (Å²) < 4.78 is 18.9. The summed E-state index contributed by atoms with van der Waals surface area (Å²) in [6.07, 6.45) is 0. The summed E-state index contributed by atoms with van der Waals surface area (Å²) in [4.78, 5) is 4.75. The van der Waals surface area contributed by atoms with E-state index in [1.54, 1.807) is 7.11 Å². The van der Waals surface area contributed by atoms with E-state index in [-0.39, 0.29) is 13.2 Å². The Morgan fingerprint density at radius 1 is 1.04 bits per heavy atom. The zero-order chi connectivity index (χ0) is 19.2. The fourth-order valence-electron chi connectivity index (χ4n) is 2.92. The molecule has 27 heavy (non-hydrogen) atoms. The number of benzene rings is 2. The molecule has 2 aromatic carbocycles.